The van der Waals surface area contributed by atoms with Gasteiger partial charge in [0, 0.05) is 22.4 Å². The number of hydrogen-bond acceptors (Lipinski definition) is 6. The van der Waals surface area contributed by atoms with E-state index in [4.69, 9.17) is 5.11 Å². The van der Waals surface area contributed by atoms with Crippen LogP contribution in [0, 0.1) is 11.8 Å². The van der Waals surface area contributed by atoms with Crippen molar-refractivity contribution in [2.45, 2.75) is 45.3 Å². The van der Waals surface area contributed by atoms with E-state index in [0.717, 1.165) is 31.4 Å². The van der Waals surface area contributed by atoms with Crippen LogP contribution in [-0.2, 0) is 9.59 Å². The highest BCUT2D eigenvalue weighted by molar-refractivity contribution is 5.98. The smallest absolute Gasteiger partial charge is 0.251 e. The molecular weight excluding hydrogens is 458 g/mol. The summed E-state index contributed by atoms with van der Waals surface area (Å²) < 4.78 is 0. The van der Waals surface area contributed by atoms with Gasteiger partial charge >= 0.3 is 0 Å². The summed E-state index contributed by atoms with van der Waals surface area (Å²) in [4.78, 5) is 38.3. The summed E-state index contributed by atoms with van der Waals surface area (Å²) in [5, 5.41) is 24.0. The average Bonchev–Trinajstić information content (AvgIpc) is 2.86. The van der Waals surface area contributed by atoms with Crippen molar-refractivity contribution in [3.8, 4) is 11.8 Å². The maximum atomic E-state index is 12.4. The molecule has 2 aromatic rings. The number of carbonyl (C=O) groups is 3. The van der Waals surface area contributed by atoms with Gasteiger partial charge in [0.15, 0.2) is 5.78 Å². The molecular formula is C28H35N3O5. The minimum Gasteiger partial charge on any atom is -0.391 e. The lowest BCUT2D eigenvalue weighted by Gasteiger charge is -2.19. The minimum absolute atomic E-state index is 0.0579. The van der Waals surface area contributed by atoms with E-state index in [-0.39, 0.29) is 5.91 Å². The second-order valence-corrected chi connectivity index (χ2v) is 8.71. The Bertz CT molecular complexity index is 1070. The number of nitrogens with zero attached hydrogens (tertiary/aromatic N) is 1. The maximum absolute atomic E-state index is 12.4. The third-order valence-electron chi connectivity index (χ3n) is 5.50. The van der Waals surface area contributed by atoms with Gasteiger partial charge in [-0.05, 0) is 75.5 Å². The summed E-state index contributed by atoms with van der Waals surface area (Å²) in [6.45, 7) is 3.99. The number of amides is 2. The predicted octanol–water partition coefficient (Wildman–Crippen LogP) is 2.19. The van der Waals surface area contributed by atoms with Gasteiger partial charge in [0.1, 0.15) is 12.6 Å². The summed E-state index contributed by atoms with van der Waals surface area (Å²) in [6.07, 6.45) is 2.26. The van der Waals surface area contributed by atoms with Gasteiger partial charge in [0.25, 0.3) is 5.91 Å². The Balaban J connectivity index is 1.92. The Morgan fingerprint density at radius 2 is 1.56 bits per heavy atom. The number of rotatable bonds is 12. The summed E-state index contributed by atoms with van der Waals surface area (Å²) in [7, 11) is 1.94. The molecule has 4 N–H and O–H groups in total. The fraction of sp³-hybridized carbons (Fsp3) is 0.393. The Morgan fingerprint density at radius 3 is 2.08 bits per heavy atom. The first-order valence-electron chi connectivity index (χ1n) is 12.1. The molecule has 0 unspecified atom stereocenters. The highest BCUT2D eigenvalue weighted by Gasteiger charge is 2.25. The Hall–Kier alpha value is -3.51. The van der Waals surface area contributed by atoms with Crippen molar-refractivity contribution in [2.24, 2.45) is 0 Å². The third-order valence-corrected chi connectivity index (χ3v) is 5.50. The summed E-state index contributed by atoms with van der Waals surface area (Å²) in [5.41, 5.74) is 2.47. The molecule has 0 aliphatic rings. The van der Waals surface area contributed by atoms with E-state index in [9.17, 15) is 19.5 Å². The SMILES string of the molecule is CCCCCN(C)CC(=O)Nc1ccc(C#Cc2ccc(C(=O)N[C@H](C(=O)CO)[C@@H](C)O)cc2)cc1. The van der Waals surface area contributed by atoms with Crippen LogP contribution in [0.4, 0.5) is 5.69 Å². The molecule has 192 valence electrons. The van der Waals surface area contributed by atoms with Crippen molar-refractivity contribution in [3.05, 3.63) is 65.2 Å². The predicted molar refractivity (Wildman–Crippen MR) is 140 cm³/mol. The molecule has 0 spiro atoms. The van der Waals surface area contributed by atoms with E-state index in [2.05, 4.69) is 29.4 Å². The first kappa shape index (κ1) is 28.7. The number of benzene rings is 2. The molecule has 2 aromatic carbocycles. The monoisotopic (exact) mass is 493 g/mol. The number of aliphatic hydroxyl groups excluding tert-OH is 2. The van der Waals surface area contributed by atoms with Crippen LogP contribution in [0.15, 0.2) is 48.5 Å². The Kier molecular flexibility index (Phi) is 11.8. The zero-order chi connectivity index (χ0) is 26.5. The van der Waals surface area contributed by atoms with E-state index in [1.54, 1.807) is 36.4 Å². The number of carbonyl (C=O) groups excluding carboxylic acids is 3. The van der Waals surface area contributed by atoms with Crippen molar-refractivity contribution in [2.75, 3.05) is 32.1 Å². The number of ketones is 1. The molecule has 0 aliphatic heterocycles. The van der Waals surface area contributed by atoms with Gasteiger partial charge in [-0.3, -0.25) is 19.3 Å². The second-order valence-electron chi connectivity index (χ2n) is 8.71. The van der Waals surface area contributed by atoms with Gasteiger partial charge in [0.05, 0.1) is 12.6 Å². The third kappa shape index (κ3) is 9.62. The van der Waals surface area contributed by atoms with Crippen LogP contribution < -0.4 is 10.6 Å². The lowest BCUT2D eigenvalue weighted by molar-refractivity contribution is -0.126. The fourth-order valence-electron chi connectivity index (χ4n) is 3.44. The van der Waals surface area contributed by atoms with E-state index >= 15 is 0 Å². The van der Waals surface area contributed by atoms with Gasteiger partial charge in [-0.15, -0.1) is 0 Å². The standard InChI is InChI=1S/C28H35N3O5/c1-4-5-6-17-31(3)18-26(35)29-24-15-11-22(12-16-24)8-7-21-9-13-23(14-10-21)28(36)30-27(20(2)33)25(34)19-32/h9-16,20,27,32-33H,4-6,17-19H2,1-3H3,(H,29,35)(H,30,36)/t20-,27+/m1/s1. The number of Topliss-reactive ketones (excluding diaryl/α,β-unsaturated/α-hetero) is 1. The maximum Gasteiger partial charge on any atom is 0.251 e. The van der Waals surface area contributed by atoms with Crippen LogP contribution in [0.5, 0.6) is 0 Å². The van der Waals surface area contributed by atoms with Gasteiger partial charge in [-0.25, -0.2) is 0 Å². The van der Waals surface area contributed by atoms with E-state index in [1.165, 1.54) is 6.92 Å². The molecule has 8 nitrogen and oxygen atoms in total. The number of anilines is 1. The highest BCUT2D eigenvalue weighted by atomic mass is 16.3. The molecule has 0 saturated carbocycles. The number of unbranched alkanes of at least 4 members (excludes halogenated alkanes) is 2. The molecule has 0 radical (unpaired) electrons. The van der Waals surface area contributed by atoms with Crippen LogP contribution in [0.3, 0.4) is 0 Å². The molecule has 0 fully saturated rings. The van der Waals surface area contributed by atoms with Crippen molar-refractivity contribution >= 4 is 23.3 Å². The molecule has 36 heavy (non-hydrogen) atoms. The Morgan fingerprint density at radius 1 is 0.972 bits per heavy atom. The Labute approximate surface area is 212 Å². The number of hydrogen-bond donors (Lipinski definition) is 4. The lowest BCUT2D eigenvalue weighted by atomic mass is 10.1. The normalized spacial score (nSPS) is 12.3. The molecule has 0 bridgehead atoms. The van der Waals surface area contributed by atoms with Crippen molar-refractivity contribution < 1.29 is 24.6 Å². The lowest BCUT2D eigenvalue weighted by Crippen LogP contribution is -2.48. The zero-order valence-electron chi connectivity index (χ0n) is 21.1. The van der Waals surface area contributed by atoms with Crippen LogP contribution in [0.1, 0.15) is 54.6 Å². The van der Waals surface area contributed by atoms with Gasteiger partial charge in [-0.2, -0.15) is 0 Å². The summed E-state index contributed by atoms with van der Waals surface area (Å²) in [5.74, 6) is 4.81. The van der Waals surface area contributed by atoms with Crippen LogP contribution >= 0.6 is 0 Å². The van der Waals surface area contributed by atoms with Crippen LogP contribution in [0.2, 0.25) is 0 Å². The molecule has 2 rings (SSSR count). The van der Waals surface area contributed by atoms with Gasteiger partial charge in [0.2, 0.25) is 5.91 Å². The molecule has 2 atom stereocenters. The molecule has 8 heteroatoms. The molecule has 0 heterocycles. The summed E-state index contributed by atoms with van der Waals surface area (Å²) >= 11 is 0. The van der Waals surface area contributed by atoms with Crippen LogP contribution in [0.25, 0.3) is 0 Å². The van der Waals surface area contributed by atoms with Crippen LogP contribution in [-0.4, -0.2) is 71.6 Å². The van der Waals surface area contributed by atoms with Crippen molar-refractivity contribution in [3.63, 3.8) is 0 Å². The number of aliphatic hydroxyl groups is 2. The highest BCUT2D eigenvalue weighted by Crippen LogP contribution is 2.10. The first-order valence-corrected chi connectivity index (χ1v) is 12.1. The van der Waals surface area contributed by atoms with Gasteiger partial charge in [-0.1, -0.05) is 31.6 Å². The second kappa shape index (κ2) is 14.8. The molecule has 0 aromatic heterocycles. The minimum atomic E-state index is -1.18. The molecule has 2 amide bonds. The molecule has 0 saturated heterocycles. The quantitative estimate of drug-likeness (QED) is 0.266. The van der Waals surface area contributed by atoms with Crippen molar-refractivity contribution in [1.29, 1.82) is 0 Å². The van der Waals surface area contributed by atoms with E-state index in [0.29, 0.717) is 23.4 Å². The largest absolute Gasteiger partial charge is 0.391 e. The zero-order valence-corrected chi connectivity index (χ0v) is 21.1. The fourth-order valence-corrected chi connectivity index (χ4v) is 3.44. The van der Waals surface area contributed by atoms with Gasteiger partial charge < -0.3 is 20.8 Å². The molecule has 0 aliphatic carbocycles. The topological polar surface area (TPSA) is 119 Å². The average molecular weight is 494 g/mol. The first-order chi connectivity index (χ1) is 17.2. The van der Waals surface area contributed by atoms with E-state index in [1.807, 2.05) is 24.1 Å². The van der Waals surface area contributed by atoms with E-state index < -0.39 is 30.4 Å². The number of likely N-dealkylation sites (N-methyl/N-ethyl adjacent to an activating group) is 1. The number of nitrogens with one attached hydrogen (secondary N) is 2. The van der Waals surface area contributed by atoms with Crippen molar-refractivity contribution in [1.82, 2.24) is 10.2 Å². The summed E-state index contributed by atoms with van der Waals surface area (Å²) in [6, 6.07) is 12.6.